The minimum atomic E-state index is -0.114. The average molecular weight is 268 g/mol. The Hall–Kier alpha value is -2.29. The highest BCUT2D eigenvalue weighted by atomic mass is 16.7. The van der Waals surface area contributed by atoms with Gasteiger partial charge in [0.25, 0.3) is 0 Å². The molecule has 20 heavy (non-hydrogen) atoms. The zero-order valence-electron chi connectivity index (χ0n) is 11.3. The van der Waals surface area contributed by atoms with Crippen LogP contribution in [0.1, 0.15) is 35.2 Å². The van der Waals surface area contributed by atoms with Crippen LogP contribution >= 0.6 is 0 Å². The lowest BCUT2D eigenvalue weighted by atomic mass is 9.88. The minimum Gasteiger partial charge on any atom is -0.454 e. The molecule has 0 spiro atoms. The number of carbonyl (C=O) groups is 1. The molecule has 0 saturated carbocycles. The molecule has 0 aliphatic carbocycles. The summed E-state index contributed by atoms with van der Waals surface area (Å²) in [7, 11) is 0. The first-order valence-corrected chi connectivity index (χ1v) is 6.78. The summed E-state index contributed by atoms with van der Waals surface area (Å²) in [5.41, 5.74) is 1.72. The fourth-order valence-electron chi connectivity index (χ4n) is 2.51. The second-order valence-electron chi connectivity index (χ2n) is 4.80. The lowest BCUT2D eigenvalue weighted by Gasteiger charge is -2.14. The molecule has 3 rings (SSSR count). The molecule has 0 amide bonds. The van der Waals surface area contributed by atoms with Crippen LogP contribution in [-0.4, -0.2) is 12.6 Å². The van der Waals surface area contributed by atoms with E-state index >= 15 is 0 Å². The second kappa shape index (κ2) is 5.37. The molecule has 1 unspecified atom stereocenters. The van der Waals surface area contributed by atoms with E-state index in [0.29, 0.717) is 17.1 Å². The highest BCUT2D eigenvalue weighted by molar-refractivity contribution is 6.01. The number of ketones is 1. The molecular formula is C17H16O3. The summed E-state index contributed by atoms with van der Waals surface area (Å²) in [6.45, 7) is 2.26. The summed E-state index contributed by atoms with van der Waals surface area (Å²) in [6, 6.07) is 15.3. The SMILES string of the molecule is CCC(C(=O)c1ccc2c(c1)OCO2)c1ccccc1. The quantitative estimate of drug-likeness (QED) is 0.791. The Morgan fingerprint density at radius 1 is 1.10 bits per heavy atom. The normalized spacial score (nSPS) is 14.1. The molecule has 2 aromatic rings. The van der Waals surface area contributed by atoms with Crippen LogP contribution in [0.15, 0.2) is 48.5 Å². The number of carbonyl (C=O) groups excluding carboxylic acids is 1. The Morgan fingerprint density at radius 2 is 1.85 bits per heavy atom. The summed E-state index contributed by atoms with van der Waals surface area (Å²) in [5.74, 6) is 1.36. The highest BCUT2D eigenvalue weighted by Crippen LogP contribution is 2.34. The molecule has 2 aromatic carbocycles. The first-order valence-electron chi connectivity index (χ1n) is 6.78. The number of ether oxygens (including phenoxy) is 2. The number of Topliss-reactive ketones (excluding diaryl/α,β-unsaturated/α-hetero) is 1. The Labute approximate surface area is 118 Å². The molecule has 1 aliphatic heterocycles. The van der Waals surface area contributed by atoms with Crippen molar-refractivity contribution in [2.45, 2.75) is 19.3 Å². The third kappa shape index (κ3) is 2.27. The largest absolute Gasteiger partial charge is 0.454 e. The van der Waals surface area contributed by atoms with Crippen molar-refractivity contribution in [3.63, 3.8) is 0 Å². The van der Waals surface area contributed by atoms with E-state index in [4.69, 9.17) is 9.47 Å². The summed E-state index contributed by atoms with van der Waals surface area (Å²) in [6.07, 6.45) is 0.775. The van der Waals surface area contributed by atoms with Crippen molar-refractivity contribution in [2.24, 2.45) is 0 Å². The average Bonchev–Trinajstić information content (AvgIpc) is 2.96. The van der Waals surface area contributed by atoms with Gasteiger partial charge in [0.2, 0.25) is 6.79 Å². The van der Waals surface area contributed by atoms with Gasteiger partial charge < -0.3 is 9.47 Å². The smallest absolute Gasteiger partial charge is 0.231 e. The first kappa shape index (κ1) is 12.7. The van der Waals surface area contributed by atoms with Crippen molar-refractivity contribution in [2.75, 3.05) is 6.79 Å². The molecule has 0 N–H and O–H groups in total. The second-order valence-corrected chi connectivity index (χ2v) is 4.80. The molecule has 102 valence electrons. The predicted molar refractivity (Wildman–Crippen MR) is 76.4 cm³/mol. The van der Waals surface area contributed by atoms with Crippen LogP contribution in [0.4, 0.5) is 0 Å². The van der Waals surface area contributed by atoms with E-state index in [1.54, 1.807) is 18.2 Å². The Balaban J connectivity index is 1.91. The van der Waals surface area contributed by atoms with Crippen LogP contribution in [0.2, 0.25) is 0 Å². The van der Waals surface area contributed by atoms with E-state index < -0.39 is 0 Å². The van der Waals surface area contributed by atoms with Gasteiger partial charge in [-0.15, -0.1) is 0 Å². The maximum absolute atomic E-state index is 12.7. The van der Waals surface area contributed by atoms with E-state index in [0.717, 1.165) is 12.0 Å². The van der Waals surface area contributed by atoms with Gasteiger partial charge in [-0.05, 0) is 30.2 Å². The number of benzene rings is 2. The maximum atomic E-state index is 12.7. The van der Waals surface area contributed by atoms with Crippen LogP contribution < -0.4 is 9.47 Å². The lowest BCUT2D eigenvalue weighted by Crippen LogP contribution is -2.12. The van der Waals surface area contributed by atoms with Crippen LogP contribution in [0.25, 0.3) is 0 Å². The van der Waals surface area contributed by atoms with Gasteiger partial charge in [-0.3, -0.25) is 4.79 Å². The third-order valence-corrected chi connectivity index (χ3v) is 3.58. The fraction of sp³-hybridized carbons (Fsp3) is 0.235. The van der Waals surface area contributed by atoms with Gasteiger partial charge in [0, 0.05) is 11.5 Å². The predicted octanol–water partition coefficient (Wildman–Crippen LogP) is 3.79. The van der Waals surface area contributed by atoms with Gasteiger partial charge in [-0.25, -0.2) is 0 Å². The van der Waals surface area contributed by atoms with E-state index in [-0.39, 0.29) is 18.5 Å². The molecule has 1 heterocycles. The minimum absolute atomic E-state index is 0.114. The third-order valence-electron chi connectivity index (χ3n) is 3.58. The molecule has 0 fully saturated rings. The van der Waals surface area contributed by atoms with Gasteiger partial charge in [0.1, 0.15) is 0 Å². The topological polar surface area (TPSA) is 35.5 Å². The molecule has 0 saturated heterocycles. The lowest BCUT2D eigenvalue weighted by molar-refractivity contribution is 0.0957. The standard InChI is InChI=1S/C17H16O3/c1-2-14(12-6-4-3-5-7-12)17(18)13-8-9-15-16(10-13)20-11-19-15/h3-10,14H,2,11H2,1H3. The van der Waals surface area contributed by atoms with Crippen molar-refractivity contribution in [3.05, 3.63) is 59.7 Å². The van der Waals surface area contributed by atoms with Gasteiger partial charge in [0.15, 0.2) is 17.3 Å². The van der Waals surface area contributed by atoms with Gasteiger partial charge in [-0.1, -0.05) is 37.3 Å². The number of hydrogen-bond donors (Lipinski definition) is 0. The molecule has 0 aromatic heterocycles. The number of hydrogen-bond acceptors (Lipinski definition) is 3. The zero-order valence-corrected chi connectivity index (χ0v) is 11.3. The Bertz CT molecular complexity index is 619. The van der Waals surface area contributed by atoms with E-state index in [1.165, 1.54) is 0 Å². The Morgan fingerprint density at radius 3 is 2.60 bits per heavy atom. The summed E-state index contributed by atoms with van der Waals surface area (Å²) < 4.78 is 10.6. The van der Waals surface area contributed by atoms with E-state index in [1.807, 2.05) is 37.3 Å². The highest BCUT2D eigenvalue weighted by Gasteiger charge is 2.22. The van der Waals surface area contributed by atoms with Crippen molar-refractivity contribution in [1.29, 1.82) is 0 Å². The van der Waals surface area contributed by atoms with Gasteiger partial charge >= 0.3 is 0 Å². The van der Waals surface area contributed by atoms with E-state index in [2.05, 4.69) is 0 Å². The van der Waals surface area contributed by atoms with Crippen LogP contribution in [0.5, 0.6) is 11.5 Å². The first-order chi connectivity index (χ1) is 9.79. The summed E-state index contributed by atoms with van der Waals surface area (Å²) in [4.78, 5) is 12.7. The molecule has 0 bridgehead atoms. The molecular weight excluding hydrogens is 252 g/mol. The van der Waals surface area contributed by atoms with Crippen molar-refractivity contribution < 1.29 is 14.3 Å². The number of rotatable bonds is 4. The summed E-state index contributed by atoms with van der Waals surface area (Å²) in [5, 5.41) is 0. The monoisotopic (exact) mass is 268 g/mol. The van der Waals surface area contributed by atoms with Gasteiger partial charge in [0.05, 0.1) is 0 Å². The maximum Gasteiger partial charge on any atom is 0.231 e. The van der Waals surface area contributed by atoms with Gasteiger partial charge in [-0.2, -0.15) is 0 Å². The van der Waals surface area contributed by atoms with Crippen molar-refractivity contribution in [1.82, 2.24) is 0 Å². The fourth-order valence-corrected chi connectivity index (χ4v) is 2.51. The van der Waals surface area contributed by atoms with Crippen LogP contribution in [-0.2, 0) is 0 Å². The molecule has 1 aliphatic rings. The van der Waals surface area contributed by atoms with Crippen molar-refractivity contribution in [3.8, 4) is 11.5 Å². The van der Waals surface area contributed by atoms with E-state index in [9.17, 15) is 4.79 Å². The summed E-state index contributed by atoms with van der Waals surface area (Å²) >= 11 is 0. The van der Waals surface area contributed by atoms with Crippen LogP contribution in [0.3, 0.4) is 0 Å². The zero-order chi connectivity index (χ0) is 13.9. The Kier molecular flexibility index (Phi) is 3.42. The number of fused-ring (bicyclic) bond motifs is 1. The molecule has 3 heteroatoms. The molecule has 3 nitrogen and oxygen atoms in total. The van der Waals surface area contributed by atoms with Crippen molar-refractivity contribution >= 4 is 5.78 Å². The van der Waals surface area contributed by atoms with Crippen LogP contribution in [0, 0.1) is 0 Å². The molecule has 0 radical (unpaired) electrons. The molecule has 1 atom stereocenters.